The van der Waals surface area contributed by atoms with E-state index in [1.807, 2.05) is 5.32 Å². The van der Waals surface area contributed by atoms with Crippen LogP contribution < -0.4 is 15.4 Å². The zero-order chi connectivity index (χ0) is 23.4. The minimum atomic E-state index is -5.66. The van der Waals surface area contributed by atoms with Gasteiger partial charge < -0.3 is 10.1 Å². The third kappa shape index (κ3) is 7.19. The van der Waals surface area contributed by atoms with Gasteiger partial charge in [-0.25, -0.2) is 13.9 Å². The van der Waals surface area contributed by atoms with E-state index in [9.17, 15) is 35.9 Å². The van der Waals surface area contributed by atoms with E-state index >= 15 is 0 Å². The molecule has 2 rings (SSSR count). The SMILES string of the molecule is O=C(NC(=O)c1ccccc1Cl)Nc1ccc(OC(F)(F)C(F)OC(F)(F)F)cc1Cl. The van der Waals surface area contributed by atoms with E-state index in [0.29, 0.717) is 6.07 Å². The first-order valence-corrected chi connectivity index (χ1v) is 8.66. The molecule has 2 aromatic carbocycles. The van der Waals surface area contributed by atoms with Crippen molar-refractivity contribution in [3.63, 3.8) is 0 Å². The average molecular weight is 491 g/mol. The number of hydrogen-bond acceptors (Lipinski definition) is 4. The highest BCUT2D eigenvalue weighted by molar-refractivity contribution is 6.35. The van der Waals surface area contributed by atoms with Gasteiger partial charge in [0.05, 0.1) is 21.3 Å². The molecule has 1 unspecified atom stereocenters. The van der Waals surface area contributed by atoms with Crippen LogP contribution in [0.15, 0.2) is 42.5 Å². The van der Waals surface area contributed by atoms with Gasteiger partial charge >= 0.3 is 24.9 Å². The van der Waals surface area contributed by atoms with Gasteiger partial charge in [-0.1, -0.05) is 35.3 Å². The van der Waals surface area contributed by atoms with E-state index in [4.69, 9.17) is 23.2 Å². The molecule has 31 heavy (non-hydrogen) atoms. The number of imide groups is 1. The lowest BCUT2D eigenvalue weighted by atomic mass is 10.2. The van der Waals surface area contributed by atoms with Crippen LogP contribution >= 0.6 is 23.2 Å². The maximum Gasteiger partial charge on any atom is 0.525 e. The number of nitrogens with one attached hydrogen (secondary N) is 2. The second-order valence-electron chi connectivity index (χ2n) is 5.57. The van der Waals surface area contributed by atoms with Crippen LogP contribution in [0.1, 0.15) is 10.4 Å². The van der Waals surface area contributed by atoms with Crippen molar-refractivity contribution >= 4 is 40.8 Å². The molecule has 3 amide bonds. The number of amides is 3. The van der Waals surface area contributed by atoms with Gasteiger partial charge in [0.15, 0.2) is 0 Å². The molecular formula is C17H10Cl2F6N2O4. The predicted molar refractivity (Wildman–Crippen MR) is 97.0 cm³/mol. The highest BCUT2D eigenvalue weighted by Gasteiger charge is 2.50. The molecule has 14 heteroatoms. The third-order valence-electron chi connectivity index (χ3n) is 3.29. The highest BCUT2D eigenvalue weighted by Crippen LogP contribution is 2.34. The second kappa shape index (κ2) is 9.62. The van der Waals surface area contributed by atoms with Crippen molar-refractivity contribution < 1.29 is 45.4 Å². The topological polar surface area (TPSA) is 76.7 Å². The zero-order valence-electron chi connectivity index (χ0n) is 14.8. The minimum absolute atomic E-state index is 0.00162. The summed E-state index contributed by atoms with van der Waals surface area (Å²) in [6, 6.07) is 7.12. The largest absolute Gasteiger partial charge is 0.525 e. The number of carbonyl (C=O) groups is 2. The van der Waals surface area contributed by atoms with E-state index in [1.54, 1.807) is 6.07 Å². The van der Waals surface area contributed by atoms with Gasteiger partial charge in [-0.2, -0.15) is 8.78 Å². The fourth-order valence-corrected chi connectivity index (χ4v) is 2.46. The second-order valence-corrected chi connectivity index (χ2v) is 6.39. The first kappa shape index (κ1) is 24.6. The van der Waals surface area contributed by atoms with E-state index < -0.39 is 41.5 Å². The molecule has 0 bridgehead atoms. The van der Waals surface area contributed by atoms with Crippen LogP contribution in [0.5, 0.6) is 5.75 Å². The minimum Gasteiger partial charge on any atom is -0.428 e. The fourth-order valence-electron chi connectivity index (χ4n) is 2.02. The molecule has 0 fully saturated rings. The van der Waals surface area contributed by atoms with Crippen molar-refractivity contribution in [2.45, 2.75) is 18.8 Å². The standard InChI is InChI=1S/C17H10Cl2F6N2O4/c18-10-4-2-1-3-9(10)13(28)27-15(29)26-12-6-5-8(7-11(12)19)30-16(21,22)14(20)31-17(23,24)25/h1-7,14H,(H2,26,27,28,29). The molecule has 2 N–H and O–H groups in total. The summed E-state index contributed by atoms with van der Waals surface area (Å²) in [5.41, 5.74) is -0.191. The van der Waals surface area contributed by atoms with Crippen molar-refractivity contribution in [3.05, 3.63) is 58.1 Å². The van der Waals surface area contributed by atoms with Crippen LogP contribution in [-0.4, -0.2) is 30.8 Å². The van der Waals surface area contributed by atoms with Gasteiger partial charge in [0, 0.05) is 6.07 Å². The van der Waals surface area contributed by atoms with Gasteiger partial charge in [0.25, 0.3) is 5.91 Å². The third-order valence-corrected chi connectivity index (χ3v) is 3.93. The molecule has 0 aliphatic rings. The Balaban J connectivity index is 2.03. The van der Waals surface area contributed by atoms with Crippen LogP contribution in [0.4, 0.5) is 36.8 Å². The number of anilines is 1. The molecule has 0 saturated carbocycles. The molecule has 0 spiro atoms. The van der Waals surface area contributed by atoms with Gasteiger partial charge in [-0.05, 0) is 24.3 Å². The van der Waals surface area contributed by atoms with Gasteiger partial charge in [-0.3, -0.25) is 10.1 Å². The number of ether oxygens (including phenoxy) is 2. The summed E-state index contributed by atoms with van der Waals surface area (Å²) >= 11 is 11.6. The van der Waals surface area contributed by atoms with Gasteiger partial charge in [0.1, 0.15) is 5.75 Å². The van der Waals surface area contributed by atoms with Crippen molar-refractivity contribution in [3.8, 4) is 5.75 Å². The normalized spacial score (nSPS) is 12.8. The molecule has 6 nitrogen and oxygen atoms in total. The Labute approximate surface area is 180 Å². The lowest BCUT2D eigenvalue weighted by Gasteiger charge is -2.22. The molecule has 0 aromatic heterocycles. The molecule has 0 saturated heterocycles. The Bertz CT molecular complexity index is 974. The van der Waals surface area contributed by atoms with E-state index in [2.05, 4.69) is 14.8 Å². The quantitative estimate of drug-likeness (QED) is 0.504. The van der Waals surface area contributed by atoms with Crippen molar-refractivity contribution in [1.82, 2.24) is 5.32 Å². The Kier molecular flexibility index (Phi) is 7.63. The average Bonchev–Trinajstić information content (AvgIpc) is 2.62. The number of rotatable bonds is 6. The first-order valence-electron chi connectivity index (χ1n) is 7.90. The number of carbonyl (C=O) groups excluding carboxylic acids is 2. The van der Waals surface area contributed by atoms with E-state index in [0.717, 1.165) is 12.1 Å². The summed E-state index contributed by atoms with van der Waals surface area (Å²) in [7, 11) is 0. The van der Waals surface area contributed by atoms with E-state index in [-0.39, 0.29) is 16.3 Å². The molecule has 0 radical (unpaired) electrons. The van der Waals surface area contributed by atoms with Crippen molar-refractivity contribution in [1.29, 1.82) is 0 Å². The van der Waals surface area contributed by atoms with Crippen LogP contribution in [0.2, 0.25) is 10.0 Å². The smallest absolute Gasteiger partial charge is 0.428 e. The van der Waals surface area contributed by atoms with Crippen LogP contribution in [-0.2, 0) is 4.74 Å². The number of urea groups is 1. The molecule has 1 atom stereocenters. The molecule has 0 aliphatic heterocycles. The Morgan fingerprint density at radius 2 is 1.61 bits per heavy atom. The van der Waals surface area contributed by atoms with E-state index in [1.165, 1.54) is 18.2 Å². The lowest BCUT2D eigenvalue weighted by molar-refractivity contribution is -0.411. The van der Waals surface area contributed by atoms with Crippen molar-refractivity contribution in [2.24, 2.45) is 0 Å². The van der Waals surface area contributed by atoms with Crippen LogP contribution in [0, 0.1) is 0 Å². The number of halogens is 8. The number of benzene rings is 2. The number of alkyl halides is 6. The zero-order valence-corrected chi connectivity index (χ0v) is 16.3. The summed E-state index contributed by atoms with van der Waals surface area (Å²) in [6.45, 7) is 0. The summed E-state index contributed by atoms with van der Waals surface area (Å²) in [4.78, 5) is 23.9. The Morgan fingerprint density at radius 1 is 0.968 bits per heavy atom. The summed E-state index contributed by atoms with van der Waals surface area (Å²) in [5, 5.41) is 3.75. The molecular weight excluding hydrogens is 481 g/mol. The predicted octanol–water partition coefficient (Wildman–Crippen LogP) is 5.76. The summed E-state index contributed by atoms with van der Waals surface area (Å²) in [5.74, 6) is -1.68. The van der Waals surface area contributed by atoms with Crippen LogP contribution in [0.25, 0.3) is 0 Å². The maximum atomic E-state index is 13.4. The Morgan fingerprint density at radius 3 is 2.19 bits per heavy atom. The van der Waals surface area contributed by atoms with Gasteiger partial charge in [0.2, 0.25) is 0 Å². The number of hydrogen-bond donors (Lipinski definition) is 2. The van der Waals surface area contributed by atoms with Crippen molar-refractivity contribution in [2.75, 3.05) is 5.32 Å². The van der Waals surface area contributed by atoms with Gasteiger partial charge in [-0.15, -0.1) is 13.2 Å². The highest BCUT2D eigenvalue weighted by atomic mass is 35.5. The first-order chi connectivity index (χ1) is 14.3. The molecule has 0 aliphatic carbocycles. The summed E-state index contributed by atoms with van der Waals surface area (Å²) in [6.07, 6.45) is -14.8. The molecule has 2 aromatic rings. The monoisotopic (exact) mass is 490 g/mol. The molecule has 168 valence electrons. The lowest BCUT2D eigenvalue weighted by Crippen LogP contribution is -2.41. The molecule has 0 heterocycles. The fraction of sp³-hybridized carbons (Fsp3) is 0.176. The summed E-state index contributed by atoms with van der Waals surface area (Å²) < 4.78 is 82.0. The maximum absolute atomic E-state index is 13.4. The van der Waals surface area contributed by atoms with Crippen LogP contribution in [0.3, 0.4) is 0 Å². The Hall–Kier alpha value is -2.70.